The van der Waals surface area contributed by atoms with E-state index in [-0.39, 0.29) is 5.91 Å². The molecule has 3 N–H and O–H groups in total. The average Bonchev–Trinajstić information content (AvgIpc) is 2.21. The zero-order chi connectivity index (χ0) is 13.2. The van der Waals surface area contributed by atoms with Crippen LogP contribution in [0, 0.1) is 20.8 Å². The molecule has 0 atom stereocenters. The van der Waals surface area contributed by atoms with Gasteiger partial charge >= 0.3 is 0 Å². The number of rotatable bonds is 4. The van der Waals surface area contributed by atoms with Crippen molar-refractivity contribution in [3.63, 3.8) is 0 Å². The molecule has 17 heavy (non-hydrogen) atoms. The summed E-state index contributed by atoms with van der Waals surface area (Å²) in [6.45, 7) is 10.5. The number of carbonyl (C=O) groups is 1. The van der Waals surface area contributed by atoms with Gasteiger partial charge in [-0.25, -0.2) is 0 Å². The highest BCUT2D eigenvalue weighted by Gasteiger charge is 2.23. The molecule has 3 heteroatoms. The van der Waals surface area contributed by atoms with E-state index >= 15 is 0 Å². The van der Waals surface area contributed by atoms with E-state index in [1.54, 1.807) is 13.8 Å². The maximum atomic E-state index is 11.2. The fourth-order valence-corrected chi connectivity index (χ4v) is 1.61. The van der Waals surface area contributed by atoms with E-state index in [0.29, 0.717) is 6.54 Å². The van der Waals surface area contributed by atoms with Gasteiger partial charge in [-0.1, -0.05) is 12.1 Å². The van der Waals surface area contributed by atoms with Gasteiger partial charge in [-0.3, -0.25) is 10.1 Å². The molecule has 0 aliphatic carbocycles. The summed E-state index contributed by atoms with van der Waals surface area (Å²) in [4.78, 5) is 11.2. The van der Waals surface area contributed by atoms with Crippen LogP contribution in [0.15, 0.2) is 12.1 Å². The Morgan fingerprint density at radius 2 is 1.71 bits per heavy atom. The summed E-state index contributed by atoms with van der Waals surface area (Å²) in [5.41, 5.74) is 9.66. The van der Waals surface area contributed by atoms with Crippen molar-refractivity contribution in [3.8, 4) is 0 Å². The van der Waals surface area contributed by atoms with Crippen LogP contribution in [0.5, 0.6) is 0 Å². The zero-order valence-corrected chi connectivity index (χ0v) is 11.3. The van der Waals surface area contributed by atoms with Crippen LogP contribution in [0.3, 0.4) is 0 Å². The second-order valence-corrected chi connectivity index (χ2v) is 5.21. The number of hydrogen-bond donors (Lipinski definition) is 2. The van der Waals surface area contributed by atoms with Gasteiger partial charge in [-0.2, -0.15) is 0 Å². The monoisotopic (exact) mass is 234 g/mol. The highest BCUT2D eigenvalue weighted by Crippen LogP contribution is 2.16. The summed E-state index contributed by atoms with van der Waals surface area (Å²) < 4.78 is 0. The molecular formula is C14H22N2O. The van der Waals surface area contributed by atoms with E-state index in [1.165, 1.54) is 22.3 Å². The van der Waals surface area contributed by atoms with Crippen molar-refractivity contribution in [3.05, 3.63) is 34.4 Å². The maximum Gasteiger partial charge on any atom is 0.237 e. The van der Waals surface area contributed by atoms with Crippen molar-refractivity contribution in [2.75, 3.05) is 0 Å². The van der Waals surface area contributed by atoms with Gasteiger partial charge < -0.3 is 5.73 Å². The zero-order valence-electron chi connectivity index (χ0n) is 11.3. The minimum atomic E-state index is -0.675. The maximum absolute atomic E-state index is 11.2. The van der Waals surface area contributed by atoms with E-state index in [2.05, 4.69) is 38.2 Å². The first kappa shape index (κ1) is 13.7. The SMILES string of the molecule is Cc1cc(C)c(CNC(C)(C)C(N)=O)cc1C. The van der Waals surface area contributed by atoms with Crippen LogP contribution in [-0.2, 0) is 11.3 Å². The Morgan fingerprint density at radius 1 is 1.18 bits per heavy atom. The Kier molecular flexibility index (Phi) is 3.94. The first-order valence-electron chi connectivity index (χ1n) is 5.85. The van der Waals surface area contributed by atoms with E-state index in [9.17, 15) is 4.79 Å². The second kappa shape index (κ2) is 4.88. The molecule has 0 radical (unpaired) electrons. The highest BCUT2D eigenvalue weighted by atomic mass is 16.1. The summed E-state index contributed by atoms with van der Waals surface area (Å²) in [5.74, 6) is -0.334. The summed E-state index contributed by atoms with van der Waals surface area (Å²) in [6.07, 6.45) is 0. The Hall–Kier alpha value is -1.35. The van der Waals surface area contributed by atoms with E-state index in [4.69, 9.17) is 5.73 Å². The van der Waals surface area contributed by atoms with Crippen LogP contribution in [0.25, 0.3) is 0 Å². The van der Waals surface area contributed by atoms with Crippen LogP contribution < -0.4 is 11.1 Å². The number of amides is 1. The number of primary amides is 1. The number of hydrogen-bond acceptors (Lipinski definition) is 2. The number of nitrogens with one attached hydrogen (secondary N) is 1. The smallest absolute Gasteiger partial charge is 0.237 e. The molecule has 0 heterocycles. The lowest BCUT2D eigenvalue weighted by Gasteiger charge is -2.23. The number of aryl methyl sites for hydroxylation is 3. The van der Waals surface area contributed by atoms with Gasteiger partial charge in [0.1, 0.15) is 0 Å². The minimum Gasteiger partial charge on any atom is -0.368 e. The first-order valence-corrected chi connectivity index (χ1v) is 5.85. The molecule has 0 bridgehead atoms. The molecule has 1 rings (SSSR count). The lowest BCUT2D eigenvalue weighted by molar-refractivity contribution is -0.123. The number of carbonyl (C=O) groups excluding carboxylic acids is 1. The highest BCUT2D eigenvalue weighted by molar-refractivity contribution is 5.83. The van der Waals surface area contributed by atoms with Crippen LogP contribution in [-0.4, -0.2) is 11.4 Å². The summed E-state index contributed by atoms with van der Waals surface area (Å²) in [7, 11) is 0. The largest absolute Gasteiger partial charge is 0.368 e. The van der Waals surface area contributed by atoms with Crippen molar-refractivity contribution >= 4 is 5.91 Å². The number of nitrogens with two attached hydrogens (primary N) is 1. The predicted octanol–water partition coefficient (Wildman–Crippen LogP) is 1.97. The molecule has 3 nitrogen and oxygen atoms in total. The van der Waals surface area contributed by atoms with Crippen molar-refractivity contribution < 1.29 is 4.79 Å². The van der Waals surface area contributed by atoms with Gasteiger partial charge in [-0.15, -0.1) is 0 Å². The van der Waals surface area contributed by atoms with Crippen molar-refractivity contribution in [2.24, 2.45) is 5.73 Å². The molecule has 0 saturated heterocycles. The third kappa shape index (κ3) is 3.30. The number of benzene rings is 1. The van der Waals surface area contributed by atoms with Gasteiger partial charge in [-0.05, 0) is 56.9 Å². The lowest BCUT2D eigenvalue weighted by atomic mass is 9.99. The standard InChI is InChI=1S/C14H22N2O/c1-9-6-11(3)12(7-10(9)2)8-16-14(4,5)13(15)17/h6-7,16H,8H2,1-5H3,(H2,15,17). The Balaban J connectivity index is 2.83. The van der Waals surface area contributed by atoms with Crippen molar-refractivity contribution in [1.82, 2.24) is 5.32 Å². The molecule has 0 fully saturated rings. The molecule has 0 aromatic heterocycles. The third-order valence-electron chi connectivity index (χ3n) is 3.29. The molecule has 0 saturated carbocycles. The lowest BCUT2D eigenvalue weighted by Crippen LogP contribution is -2.50. The molecule has 0 unspecified atom stereocenters. The summed E-state index contributed by atoms with van der Waals surface area (Å²) >= 11 is 0. The van der Waals surface area contributed by atoms with Gasteiger partial charge in [0.05, 0.1) is 5.54 Å². The first-order chi connectivity index (χ1) is 7.74. The van der Waals surface area contributed by atoms with Gasteiger partial charge in [0.2, 0.25) is 5.91 Å². The van der Waals surface area contributed by atoms with E-state index < -0.39 is 5.54 Å². The molecule has 94 valence electrons. The Morgan fingerprint density at radius 3 is 2.24 bits per heavy atom. The van der Waals surface area contributed by atoms with Crippen molar-refractivity contribution in [2.45, 2.75) is 46.7 Å². The summed E-state index contributed by atoms with van der Waals surface area (Å²) in [5, 5.41) is 3.19. The van der Waals surface area contributed by atoms with Crippen LogP contribution in [0.1, 0.15) is 36.1 Å². The quantitative estimate of drug-likeness (QED) is 0.836. The topological polar surface area (TPSA) is 55.1 Å². The Bertz CT molecular complexity index is 436. The van der Waals surface area contributed by atoms with Crippen LogP contribution >= 0.6 is 0 Å². The second-order valence-electron chi connectivity index (χ2n) is 5.21. The molecule has 1 aromatic carbocycles. The van der Waals surface area contributed by atoms with Gasteiger partial charge in [0.15, 0.2) is 0 Å². The molecule has 1 amide bonds. The average molecular weight is 234 g/mol. The van der Waals surface area contributed by atoms with Crippen LogP contribution in [0.2, 0.25) is 0 Å². The molecule has 0 aliphatic heterocycles. The van der Waals surface area contributed by atoms with E-state index in [1.807, 2.05) is 0 Å². The molecule has 0 spiro atoms. The Labute approximate surface area is 103 Å². The molecular weight excluding hydrogens is 212 g/mol. The van der Waals surface area contributed by atoms with Crippen LogP contribution in [0.4, 0.5) is 0 Å². The fourth-order valence-electron chi connectivity index (χ4n) is 1.61. The minimum absolute atomic E-state index is 0.334. The third-order valence-corrected chi connectivity index (χ3v) is 3.29. The normalized spacial score (nSPS) is 11.6. The predicted molar refractivity (Wildman–Crippen MR) is 70.8 cm³/mol. The van der Waals surface area contributed by atoms with E-state index in [0.717, 1.165) is 0 Å². The molecule has 1 aromatic rings. The van der Waals surface area contributed by atoms with Gasteiger partial charge in [0.25, 0.3) is 0 Å². The van der Waals surface area contributed by atoms with Crippen molar-refractivity contribution in [1.29, 1.82) is 0 Å². The van der Waals surface area contributed by atoms with Gasteiger partial charge in [0, 0.05) is 6.54 Å². The molecule has 0 aliphatic rings. The fraction of sp³-hybridized carbons (Fsp3) is 0.500. The summed E-state index contributed by atoms with van der Waals surface area (Å²) in [6, 6.07) is 4.33.